The number of ketones is 3. The van der Waals surface area contributed by atoms with Gasteiger partial charge in [-0.25, -0.2) is 14.4 Å². The number of aryl methyl sites for hydroxylation is 1. The Kier molecular flexibility index (Phi) is 39.0. The molecule has 0 saturated carbocycles. The Morgan fingerprint density at radius 3 is 1.00 bits per heavy atom. The molecule has 0 aliphatic carbocycles. The molecule has 0 radical (unpaired) electrons. The molecule has 6 saturated heterocycles. The molecule has 682 valence electrons. The molecule has 6 heterocycles. The molecule has 30 atom stereocenters. The molecule has 4 aromatic rings. The van der Waals surface area contributed by atoms with Crippen molar-refractivity contribution in [2.75, 3.05) is 54.4 Å². The lowest BCUT2D eigenvalue weighted by atomic mass is 9.87. The number of unbranched alkanes of at least 4 members (excludes halogenated alkanes) is 5. The quantitative estimate of drug-likeness (QED) is 0.0225. The van der Waals surface area contributed by atoms with E-state index in [2.05, 4.69) is 31.2 Å². The number of ether oxygens (including phenoxy) is 22. The number of carbonyl (C=O) groups excluding carboxylic acids is 7. The predicted octanol–water partition coefficient (Wildman–Crippen LogP) is 12.7. The van der Waals surface area contributed by atoms with Crippen LogP contribution in [0.1, 0.15) is 197 Å². The van der Waals surface area contributed by atoms with Crippen molar-refractivity contribution in [2.45, 2.75) is 327 Å². The lowest BCUT2D eigenvalue weighted by molar-refractivity contribution is -0.386. The fourth-order valence-electron chi connectivity index (χ4n) is 17.2. The summed E-state index contributed by atoms with van der Waals surface area (Å²) >= 11 is 0. The van der Waals surface area contributed by atoms with Gasteiger partial charge in [0.25, 0.3) is 0 Å². The van der Waals surface area contributed by atoms with E-state index in [-0.39, 0.29) is 42.1 Å². The van der Waals surface area contributed by atoms with Gasteiger partial charge >= 0.3 is 23.9 Å². The van der Waals surface area contributed by atoms with E-state index < -0.39 is 226 Å². The maximum absolute atomic E-state index is 14.8. The summed E-state index contributed by atoms with van der Waals surface area (Å²) in [7, 11) is 4.21. The first kappa shape index (κ1) is 98.2. The summed E-state index contributed by atoms with van der Waals surface area (Å²) in [5, 5.41) is 0. The van der Waals surface area contributed by atoms with E-state index in [1.54, 1.807) is 105 Å². The van der Waals surface area contributed by atoms with E-state index in [4.69, 9.17) is 104 Å². The lowest BCUT2D eigenvalue weighted by Gasteiger charge is -2.52. The number of rotatable bonds is 45. The number of hydrogen-bond donors (Lipinski definition) is 0. The second-order valence-corrected chi connectivity index (χ2v) is 32.8. The third kappa shape index (κ3) is 25.5. The van der Waals surface area contributed by atoms with Crippen molar-refractivity contribution < 1.29 is 138 Å². The van der Waals surface area contributed by atoms with Crippen LogP contribution in [0.3, 0.4) is 0 Å². The first-order valence-electron chi connectivity index (χ1n) is 44.1. The Morgan fingerprint density at radius 2 is 0.634 bits per heavy atom. The minimum absolute atomic E-state index is 0.148. The van der Waals surface area contributed by atoms with E-state index in [1.165, 1.54) is 54.6 Å². The number of esters is 4. The maximum atomic E-state index is 14.8. The van der Waals surface area contributed by atoms with Crippen molar-refractivity contribution in [3.63, 3.8) is 0 Å². The third-order valence-electron chi connectivity index (χ3n) is 23.9. The fraction of sp³-hybridized carbons (Fsp3) is 0.670. The SMILES string of the molecule is CCCCOC1C(OCCCCCc2ccccc2)OC(CC)[C@@H](O[C@@H]2OC(C(C)=O)[C@H](O[C@@H]3OC(CC)[C@@H](O[C@@H]4OC(C(C)=O)[C@H](O[C@@H]5OC(COC(C)=O)[C@@H](O[C@@H]6OC(C(C)=O)[C@H](C)[C@@H](OC)C6OC(=O)c6ccccc6)[C@H](C)C5OCCCC)[C@@H](OC)C4OC(=O)c4ccccc4)[C@H](C)C3OCCCC)[C@@H](OC)C2OC(=O)c2ccccc2)[C@@H]1C. The van der Waals surface area contributed by atoms with Gasteiger partial charge in [0.15, 0.2) is 73.4 Å². The van der Waals surface area contributed by atoms with Gasteiger partial charge in [0, 0.05) is 78.4 Å². The molecule has 13 unspecified atom stereocenters. The first-order chi connectivity index (χ1) is 59.4. The maximum Gasteiger partial charge on any atom is 0.338 e. The summed E-state index contributed by atoms with van der Waals surface area (Å²) in [6.45, 7) is 23.4. The van der Waals surface area contributed by atoms with Crippen LogP contribution in [0, 0.1) is 23.7 Å². The zero-order valence-corrected chi connectivity index (χ0v) is 74.2. The summed E-state index contributed by atoms with van der Waals surface area (Å²) in [6, 6.07) is 35.4. The monoisotopic (exact) mass is 1720 g/mol. The van der Waals surface area contributed by atoms with Gasteiger partial charge in [-0.15, -0.1) is 0 Å². The largest absolute Gasteiger partial charge is 0.463 e. The Labute approximate surface area is 724 Å². The molecule has 0 bridgehead atoms. The van der Waals surface area contributed by atoms with E-state index in [1.807, 2.05) is 47.6 Å². The van der Waals surface area contributed by atoms with Gasteiger partial charge in [-0.05, 0) is 114 Å². The number of carbonyl (C=O) groups is 7. The topological polar surface area (TPSA) is 323 Å². The fourth-order valence-corrected chi connectivity index (χ4v) is 17.2. The zero-order valence-electron chi connectivity index (χ0n) is 74.2. The lowest BCUT2D eigenvalue weighted by Crippen LogP contribution is -2.68. The molecule has 29 heteroatoms. The number of benzene rings is 4. The van der Waals surface area contributed by atoms with Crippen LogP contribution in [0.5, 0.6) is 0 Å². The highest BCUT2D eigenvalue weighted by molar-refractivity contribution is 5.91. The van der Waals surface area contributed by atoms with Gasteiger partial charge in [0.05, 0.1) is 47.2 Å². The zero-order chi connectivity index (χ0) is 88.4. The minimum Gasteiger partial charge on any atom is -0.463 e. The second kappa shape index (κ2) is 48.8. The van der Waals surface area contributed by atoms with Crippen LogP contribution in [0.25, 0.3) is 0 Å². The highest BCUT2D eigenvalue weighted by Crippen LogP contribution is 2.45. The van der Waals surface area contributed by atoms with Crippen molar-refractivity contribution in [3.05, 3.63) is 144 Å². The predicted molar refractivity (Wildman–Crippen MR) is 445 cm³/mol. The van der Waals surface area contributed by atoms with Crippen LogP contribution >= 0.6 is 0 Å². The van der Waals surface area contributed by atoms with E-state index in [0.29, 0.717) is 38.9 Å². The van der Waals surface area contributed by atoms with Crippen molar-refractivity contribution in [3.8, 4) is 0 Å². The molecule has 6 fully saturated rings. The molecule has 6 aliphatic heterocycles. The van der Waals surface area contributed by atoms with Gasteiger partial charge in [0.1, 0.15) is 79.9 Å². The van der Waals surface area contributed by atoms with Crippen LogP contribution in [0.15, 0.2) is 121 Å². The summed E-state index contributed by atoms with van der Waals surface area (Å²) in [5.41, 5.74) is 1.88. The number of Topliss-reactive ketones (excluding diaryl/α,β-unsaturated/α-hetero) is 3. The molecular formula is C94H132O29. The molecule has 123 heavy (non-hydrogen) atoms. The molecular weight excluding hydrogens is 1590 g/mol. The van der Waals surface area contributed by atoms with E-state index in [9.17, 15) is 33.6 Å². The number of hydrogen-bond acceptors (Lipinski definition) is 29. The van der Waals surface area contributed by atoms with Crippen LogP contribution in [-0.4, -0.2) is 255 Å². The smallest absolute Gasteiger partial charge is 0.338 e. The van der Waals surface area contributed by atoms with Gasteiger partial charge in [0.2, 0.25) is 0 Å². The van der Waals surface area contributed by atoms with Crippen molar-refractivity contribution in [2.24, 2.45) is 23.7 Å². The molecule has 0 amide bonds. The summed E-state index contributed by atoms with van der Waals surface area (Å²) in [5.74, 6) is -6.92. The molecule has 0 aromatic heterocycles. The normalized spacial score (nSPS) is 34.0. The Morgan fingerprint density at radius 1 is 0.309 bits per heavy atom. The second-order valence-electron chi connectivity index (χ2n) is 32.8. The Hall–Kier alpha value is -6.95. The van der Waals surface area contributed by atoms with Crippen molar-refractivity contribution in [1.29, 1.82) is 0 Å². The highest BCUT2D eigenvalue weighted by atomic mass is 16.8. The van der Waals surface area contributed by atoms with Gasteiger partial charge < -0.3 is 104 Å². The average molecular weight is 1730 g/mol. The third-order valence-corrected chi connectivity index (χ3v) is 23.9. The summed E-state index contributed by atoms with van der Waals surface area (Å²) in [4.78, 5) is 99.0. The minimum atomic E-state index is -1.64. The van der Waals surface area contributed by atoms with Crippen molar-refractivity contribution >= 4 is 41.2 Å². The van der Waals surface area contributed by atoms with Crippen molar-refractivity contribution in [1.82, 2.24) is 0 Å². The molecule has 4 aromatic carbocycles. The van der Waals surface area contributed by atoms with Gasteiger partial charge in [-0.3, -0.25) is 19.2 Å². The van der Waals surface area contributed by atoms with Crippen LogP contribution in [-0.2, 0) is 130 Å². The summed E-state index contributed by atoms with van der Waals surface area (Å²) in [6.07, 6.45) is -22.8. The highest BCUT2D eigenvalue weighted by Gasteiger charge is 2.61. The molecule has 10 rings (SSSR count). The standard InChI is InChI=1S/C94H132O29/c1-17-22-49-105-74-55(7)70(66(20-4)110-89(74)108-52-39-29-32-42-62-40-30-25-31-41-62)117-93-84(114-87(100)64-45-35-27-36-46-64)79(103-15)81(77(120-93)59(11)96)122-90-75(106-50-23-18-2)56(8)71(67(21-5)111-90)118-94-85(115-88(101)65-47-37-28-38-48-65)80(104-16)82(78(121-94)60(12)97)123-91-76(107-51-24-19-3)57(9)72(68(112-91)53-109-61(13)98)119-92-83(113-86(99)63-43-33-26-34-44-63)73(102-14)54(6)69(116-92)58(10)95/h25-28,30-31,33-38,40-41,43-48,54-57,66-85,89-94H,17-24,29,32,39,42,49-53H2,1-16H3/t54-,55-,56-,57-,66?,67?,68?,69?,70-,71-,72-,73+,74?,75?,76?,77?,78?,79+,80+,81-,82-,83?,84?,85?,89?,90-,91-,92-,93+,94+/m0/s1. The first-order valence-corrected chi connectivity index (χ1v) is 44.1. The summed E-state index contributed by atoms with van der Waals surface area (Å²) < 4.78 is 148. The Bertz CT molecular complexity index is 3860. The van der Waals surface area contributed by atoms with Crippen LogP contribution in [0.4, 0.5) is 0 Å². The number of methoxy groups -OCH3 is 3. The molecule has 0 N–H and O–H groups in total. The van der Waals surface area contributed by atoms with Gasteiger partial charge in [-0.1, -0.05) is 173 Å². The molecule has 29 nitrogen and oxygen atoms in total. The average Bonchev–Trinajstić information content (AvgIpc) is 0.766. The Balaban J connectivity index is 0.945. The van der Waals surface area contributed by atoms with Crippen LogP contribution < -0.4 is 0 Å². The molecule has 6 aliphatic rings. The van der Waals surface area contributed by atoms with E-state index in [0.717, 1.165) is 44.9 Å². The van der Waals surface area contributed by atoms with E-state index >= 15 is 0 Å². The molecule has 0 spiro atoms. The van der Waals surface area contributed by atoms with Gasteiger partial charge in [-0.2, -0.15) is 0 Å². The van der Waals surface area contributed by atoms with Crippen LogP contribution in [0.2, 0.25) is 0 Å².